The van der Waals surface area contributed by atoms with E-state index in [-0.39, 0.29) is 12.5 Å². The fourth-order valence-electron chi connectivity index (χ4n) is 6.05. The third-order valence-corrected chi connectivity index (χ3v) is 9.80. The molecule has 3 aromatic heterocycles. The van der Waals surface area contributed by atoms with Gasteiger partial charge in [0.2, 0.25) is 0 Å². The van der Waals surface area contributed by atoms with Crippen LogP contribution >= 0.6 is 34.5 Å². The van der Waals surface area contributed by atoms with E-state index >= 15 is 0 Å². The summed E-state index contributed by atoms with van der Waals surface area (Å²) in [5.41, 5.74) is 1.40. The van der Waals surface area contributed by atoms with Gasteiger partial charge in [0.15, 0.2) is 10.8 Å². The number of aliphatic carboxylic acids is 1. The Kier molecular flexibility index (Phi) is 9.60. The first-order chi connectivity index (χ1) is 19.3. The molecule has 2 saturated heterocycles. The van der Waals surface area contributed by atoms with Crippen LogP contribution in [0.2, 0.25) is 10.0 Å². The molecular formula is C28H37Cl2N7O2S. The van der Waals surface area contributed by atoms with Gasteiger partial charge in [0.1, 0.15) is 16.8 Å². The third kappa shape index (κ3) is 6.78. The lowest BCUT2D eigenvalue weighted by Crippen LogP contribution is -2.54. The number of nitrogens with zero attached hydrogens (tertiary/aromatic N) is 6. The maximum Gasteiger partial charge on any atom is 0.303 e. The van der Waals surface area contributed by atoms with E-state index in [1.807, 2.05) is 6.92 Å². The largest absolute Gasteiger partial charge is 0.481 e. The number of nitrogens with one attached hydrogen (secondary N) is 1. The van der Waals surface area contributed by atoms with E-state index in [9.17, 15) is 4.79 Å². The molecule has 0 amide bonds. The van der Waals surface area contributed by atoms with Gasteiger partial charge in [-0.3, -0.25) is 9.78 Å². The summed E-state index contributed by atoms with van der Waals surface area (Å²) >= 11 is 14.0. The summed E-state index contributed by atoms with van der Waals surface area (Å²) in [5, 5.41) is 14.5. The lowest BCUT2D eigenvalue weighted by molar-refractivity contribution is -0.137. The SMILES string of the molecule is CCC[C@H](CCCC(=O)O)N1CCC[C@H](C2CN(c3nc4ncnc(N[C@H](C)c5ncc(Cl)cc5Cl)c4s3)C2)C1. The predicted molar refractivity (Wildman–Crippen MR) is 162 cm³/mol. The van der Waals surface area contributed by atoms with Gasteiger partial charge in [-0.15, -0.1) is 0 Å². The fraction of sp³-hybridized carbons (Fsp3) is 0.607. The number of carboxylic acid groups (broad SMARTS) is 1. The van der Waals surface area contributed by atoms with Gasteiger partial charge in [-0.2, -0.15) is 4.98 Å². The van der Waals surface area contributed by atoms with Crippen LogP contribution in [-0.2, 0) is 4.79 Å². The normalized spacial score (nSPS) is 19.9. The number of pyridine rings is 1. The van der Waals surface area contributed by atoms with E-state index in [2.05, 4.69) is 37.0 Å². The molecule has 216 valence electrons. The van der Waals surface area contributed by atoms with Crippen LogP contribution in [0.4, 0.5) is 10.9 Å². The maximum atomic E-state index is 11.0. The Morgan fingerprint density at radius 2 is 2.02 bits per heavy atom. The first-order valence-corrected chi connectivity index (χ1v) is 15.8. The molecule has 9 nitrogen and oxygen atoms in total. The van der Waals surface area contributed by atoms with Crippen molar-refractivity contribution in [3.05, 3.63) is 34.3 Å². The van der Waals surface area contributed by atoms with Gasteiger partial charge < -0.3 is 20.2 Å². The summed E-state index contributed by atoms with van der Waals surface area (Å²) < 4.78 is 0.922. The highest BCUT2D eigenvalue weighted by molar-refractivity contribution is 7.22. The monoisotopic (exact) mass is 605 g/mol. The predicted octanol–water partition coefficient (Wildman–Crippen LogP) is 6.53. The van der Waals surface area contributed by atoms with E-state index in [1.165, 1.54) is 19.2 Å². The van der Waals surface area contributed by atoms with E-state index in [0.717, 1.165) is 67.5 Å². The maximum absolute atomic E-state index is 11.0. The molecule has 3 aromatic rings. The molecular weight excluding hydrogens is 569 g/mol. The first-order valence-electron chi connectivity index (χ1n) is 14.2. The first kappa shape index (κ1) is 29.2. The molecule has 2 N–H and O–H groups in total. The molecule has 0 saturated carbocycles. The van der Waals surface area contributed by atoms with Crippen molar-refractivity contribution in [2.45, 2.75) is 70.9 Å². The van der Waals surface area contributed by atoms with Crippen molar-refractivity contribution in [1.82, 2.24) is 24.8 Å². The molecule has 0 bridgehead atoms. The fourth-order valence-corrected chi connectivity index (χ4v) is 7.59. The van der Waals surface area contributed by atoms with E-state index in [0.29, 0.717) is 39.3 Å². The number of carboxylic acids is 1. The highest BCUT2D eigenvalue weighted by atomic mass is 35.5. The number of hydrogen-bond donors (Lipinski definition) is 2. The Balaban J connectivity index is 1.20. The molecule has 40 heavy (non-hydrogen) atoms. The van der Waals surface area contributed by atoms with Crippen LogP contribution in [0.5, 0.6) is 0 Å². The number of carbonyl (C=O) groups is 1. The standard InChI is InChI=1S/C28H37Cl2N7O2S/c1-3-6-21(8-4-9-23(38)39)36-10-5-7-18(13-36)19-14-37(15-19)28-35-27-25(40-28)26(32-16-33-27)34-17(2)24-22(30)11-20(29)12-31-24/h11-12,16-19,21H,3-10,13-15H2,1-2H3,(H,38,39)(H,32,33,34)/t17-,18+,21-/m1/s1. The number of thiazole rings is 1. The second kappa shape index (κ2) is 13.1. The average Bonchev–Trinajstić information content (AvgIpc) is 3.32. The number of aromatic nitrogens is 4. The molecule has 2 aliphatic heterocycles. The molecule has 0 radical (unpaired) electrons. The van der Waals surface area contributed by atoms with Crippen LogP contribution in [0.15, 0.2) is 18.6 Å². The molecule has 12 heteroatoms. The van der Waals surface area contributed by atoms with E-state index in [4.69, 9.17) is 33.3 Å². The number of piperidine rings is 1. The molecule has 0 aromatic carbocycles. The number of hydrogen-bond acceptors (Lipinski definition) is 9. The number of halogens is 2. The van der Waals surface area contributed by atoms with Gasteiger partial charge in [0.05, 0.1) is 21.8 Å². The van der Waals surface area contributed by atoms with Crippen molar-refractivity contribution < 1.29 is 9.90 Å². The lowest BCUT2D eigenvalue weighted by Gasteiger charge is -2.48. The summed E-state index contributed by atoms with van der Waals surface area (Å²) in [6, 6.07) is 2.02. The highest BCUT2D eigenvalue weighted by Gasteiger charge is 2.38. The van der Waals surface area contributed by atoms with Crippen molar-refractivity contribution in [1.29, 1.82) is 0 Å². The number of likely N-dealkylation sites (tertiary alicyclic amines) is 1. The minimum atomic E-state index is -0.692. The molecule has 0 spiro atoms. The number of anilines is 2. The Morgan fingerprint density at radius 3 is 2.77 bits per heavy atom. The van der Waals surface area contributed by atoms with E-state index < -0.39 is 5.97 Å². The van der Waals surface area contributed by atoms with Crippen LogP contribution < -0.4 is 10.2 Å². The molecule has 3 atom stereocenters. The lowest BCUT2D eigenvalue weighted by atomic mass is 9.80. The molecule has 5 rings (SSSR count). The van der Waals surface area contributed by atoms with Gasteiger partial charge in [-0.25, -0.2) is 9.97 Å². The summed E-state index contributed by atoms with van der Waals surface area (Å²) in [6.07, 6.45) is 9.90. The van der Waals surface area contributed by atoms with Crippen molar-refractivity contribution >= 4 is 61.8 Å². The molecule has 0 aliphatic carbocycles. The average molecular weight is 607 g/mol. The Morgan fingerprint density at radius 1 is 1.20 bits per heavy atom. The molecule has 0 unspecified atom stereocenters. The summed E-state index contributed by atoms with van der Waals surface area (Å²) in [6.45, 7) is 8.48. The van der Waals surface area contributed by atoms with Crippen LogP contribution in [0.3, 0.4) is 0 Å². The molecule has 2 fully saturated rings. The van der Waals surface area contributed by atoms with Gasteiger partial charge in [-0.1, -0.05) is 47.9 Å². The van der Waals surface area contributed by atoms with Crippen molar-refractivity contribution in [2.24, 2.45) is 11.8 Å². The highest BCUT2D eigenvalue weighted by Crippen LogP contribution is 2.39. The smallest absolute Gasteiger partial charge is 0.303 e. The second-order valence-corrected chi connectivity index (χ2v) is 12.9. The Labute approximate surface area is 249 Å². The van der Waals surface area contributed by atoms with Crippen molar-refractivity contribution in [3.8, 4) is 0 Å². The van der Waals surface area contributed by atoms with Gasteiger partial charge in [0, 0.05) is 38.3 Å². The third-order valence-electron chi connectivity index (χ3n) is 8.18. The summed E-state index contributed by atoms with van der Waals surface area (Å²) in [5.74, 6) is 1.35. The molecule has 5 heterocycles. The Hall–Kier alpha value is -2.27. The summed E-state index contributed by atoms with van der Waals surface area (Å²) in [7, 11) is 0. The van der Waals surface area contributed by atoms with Crippen LogP contribution in [-0.4, -0.2) is 68.1 Å². The molecule has 2 aliphatic rings. The zero-order chi connectivity index (χ0) is 28.2. The zero-order valence-electron chi connectivity index (χ0n) is 23.0. The van der Waals surface area contributed by atoms with Gasteiger partial charge in [-0.05, 0) is 63.5 Å². The number of rotatable bonds is 12. The van der Waals surface area contributed by atoms with Crippen molar-refractivity contribution in [2.75, 3.05) is 36.4 Å². The van der Waals surface area contributed by atoms with Crippen LogP contribution in [0.25, 0.3) is 10.3 Å². The minimum absolute atomic E-state index is 0.170. The Bertz CT molecular complexity index is 1320. The van der Waals surface area contributed by atoms with Gasteiger partial charge in [0.25, 0.3) is 0 Å². The van der Waals surface area contributed by atoms with Crippen LogP contribution in [0.1, 0.15) is 70.5 Å². The minimum Gasteiger partial charge on any atom is -0.481 e. The second-order valence-electron chi connectivity index (χ2n) is 11.0. The van der Waals surface area contributed by atoms with Crippen molar-refractivity contribution in [3.63, 3.8) is 0 Å². The zero-order valence-corrected chi connectivity index (χ0v) is 25.4. The van der Waals surface area contributed by atoms with Crippen LogP contribution in [0, 0.1) is 11.8 Å². The summed E-state index contributed by atoms with van der Waals surface area (Å²) in [4.78, 5) is 34.2. The van der Waals surface area contributed by atoms with E-state index in [1.54, 1.807) is 23.6 Å². The number of fused-ring (bicyclic) bond motifs is 1. The topological polar surface area (TPSA) is 107 Å². The quantitative estimate of drug-likeness (QED) is 0.238. The van der Waals surface area contributed by atoms with Gasteiger partial charge >= 0.3 is 5.97 Å².